The molecule has 2 aromatic rings. The molecular formula is C12H15N5O3. The molecule has 0 spiro atoms. The lowest BCUT2D eigenvalue weighted by molar-refractivity contribution is -0.384. The van der Waals surface area contributed by atoms with Gasteiger partial charge in [0.25, 0.3) is 0 Å². The van der Waals surface area contributed by atoms with Crippen molar-refractivity contribution in [1.82, 2.24) is 14.8 Å². The Morgan fingerprint density at radius 1 is 1.50 bits per heavy atom. The van der Waals surface area contributed by atoms with Crippen molar-refractivity contribution in [2.24, 2.45) is 7.05 Å². The third kappa shape index (κ3) is 3.02. The summed E-state index contributed by atoms with van der Waals surface area (Å²) < 4.78 is 6.85. The van der Waals surface area contributed by atoms with E-state index in [2.05, 4.69) is 15.4 Å². The van der Waals surface area contributed by atoms with Gasteiger partial charge in [-0.2, -0.15) is 4.98 Å². The van der Waals surface area contributed by atoms with Crippen LogP contribution in [-0.2, 0) is 7.05 Å². The van der Waals surface area contributed by atoms with Gasteiger partial charge in [-0.3, -0.25) is 14.8 Å². The highest BCUT2D eigenvalue weighted by Gasteiger charge is 2.22. The highest BCUT2D eigenvalue weighted by Crippen LogP contribution is 2.36. The van der Waals surface area contributed by atoms with E-state index in [0.717, 1.165) is 6.42 Å². The Balaban J connectivity index is 2.33. The monoisotopic (exact) mass is 277 g/mol. The number of aromatic nitrogens is 3. The first-order valence-electron chi connectivity index (χ1n) is 6.16. The van der Waals surface area contributed by atoms with Crippen LogP contribution in [0.15, 0.2) is 24.5 Å². The summed E-state index contributed by atoms with van der Waals surface area (Å²) in [7, 11) is 1.69. The molecule has 0 fully saturated rings. The van der Waals surface area contributed by atoms with E-state index in [1.165, 1.54) is 17.1 Å². The molecule has 2 rings (SSSR count). The van der Waals surface area contributed by atoms with E-state index in [-0.39, 0.29) is 17.4 Å². The molecule has 0 aliphatic rings. The van der Waals surface area contributed by atoms with Crippen LogP contribution in [0, 0.1) is 10.1 Å². The zero-order chi connectivity index (χ0) is 14.5. The summed E-state index contributed by atoms with van der Waals surface area (Å²) in [6, 6.07) is 4.92. The lowest BCUT2D eigenvalue weighted by Gasteiger charge is -2.08. The molecule has 8 heteroatoms. The van der Waals surface area contributed by atoms with Crippen molar-refractivity contribution in [2.75, 3.05) is 11.9 Å². The molecule has 0 amide bonds. The van der Waals surface area contributed by atoms with Crippen LogP contribution in [-0.4, -0.2) is 26.2 Å². The first-order chi connectivity index (χ1) is 9.61. The minimum Gasteiger partial charge on any atom is -0.416 e. The van der Waals surface area contributed by atoms with Crippen LogP contribution in [0.5, 0.6) is 11.8 Å². The Morgan fingerprint density at radius 2 is 2.30 bits per heavy atom. The second-order valence-corrected chi connectivity index (χ2v) is 4.14. The van der Waals surface area contributed by atoms with Gasteiger partial charge in [-0.05, 0) is 18.6 Å². The van der Waals surface area contributed by atoms with Gasteiger partial charge in [0.05, 0.1) is 4.92 Å². The van der Waals surface area contributed by atoms with Crippen LogP contribution >= 0.6 is 0 Å². The number of ether oxygens (including phenoxy) is 1. The van der Waals surface area contributed by atoms with Crippen LogP contribution in [0.4, 0.5) is 11.4 Å². The maximum atomic E-state index is 11.2. The Labute approximate surface area is 115 Å². The number of nitrogens with one attached hydrogen (secondary N) is 1. The van der Waals surface area contributed by atoms with Gasteiger partial charge in [-0.15, -0.1) is 5.10 Å². The number of nitrogens with zero attached hydrogens (tertiary/aromatic N) is 4. The van der Waals surface area contributed by atoms with E-state index in [0.29, 0.717) is 12.2 Å². The highest BCUT2D eigenvalue weighted by molar-refractivity contribution is 5.68. The zero-order valence-corrected chi connectivity index (χ0v) is 11.2. The summed E-state index contributed by atoms with van der Waals surface area (Å²) in [6.45, 7) is 2.63. The fourth-order valence-electron chi connectivity index (χ4n) is 1.66. The van der Waals surface area contributed by atoms with Crippen molar-refractivity contribution >= 4 is 11.4 Å². The summed E-state index contributed by atoms with van der Waals surface area (Å²) in [5.74, 6) is 0.113. The second-order valence-electron chi connectivity index (χ2n) is 4.14. The molecule has 0 aliphatic heterocycles. The van der Waals surface area contributed by atoms with E-state index in [1.54, 1.807) is 19.2 Å². The van der Waals surface area contributed by atoms with Crippen LogP contribution in [0.25, 0.3) is 0 Å². The van der Waals surface area contributed by atoms with Gasteiger partial charge < -0.3 is 10.1 Å². The van der Waals surface area contributed by atoms with Crippen molar-refractivity contribution < 1.29 is 9.66 Å². The van der Waals surface area contributed by atoms with Crippen molar-refractivity contribution in [2.45, 2.75) is 13.3 Å². The number of benzene rings is 1. The predicted molar refractivity (Wildman–Crippen MR) is 73.0 cm³/mol. The molecule has 0 bridgehead atoms. The summed E-state index contributed by atoms with van der Waals surface area (Å²) >= 11 is 0. The average Bonchev–Trinajstić information content (AvgIpc) is 2.81. The number of hydrogen-bond donors (Lipinski definition) is 1. The van der Waals surface area contributed by atoms with Crippen molar-refractivity contribution in [3.05, 3.63) is 34.6 Å². The maximum absolute atomic E-state index is 11.2. The third-order valence-electron chi connectivity index (χ3n) is 2.53. The van der Waals surface area contributed by atoms with E-state index in [4.69, 9.17) is 4.74 Å². The Kier molecular flexibility index (Phi) is 4.14. The van der Waals surface area contributed by atoms with Gasteiger partial charge in [-0.25, -0.2) is 0 Å². The molecular weight excluding hydrogens is 262 g/mol. The Bertz CT molecular complexity index is 611. The fraction of sp³-hybridized carbons (Fsp3) is 0.333. The van der Waals surface area contributed by atoms with Crippen LogP contribution in [0.1, 0.15) is 13.3 Å². The molecule has 1 N–H and O–H groups in total. The molecule has 1 heterocycles. The molecule has 106 valence electrons. The quantitative estimate of drug-likeness (QED) is 0.643. The van der Waals surface area contributed by atoms with E-state index in [9.17, 15) is 10.1 Å². The topological polar surface area (TPSA) is 95.1 Å². The Hall–Kier alpha value is -2.64. The minimum atomic E-state index is -0.476. The largest absolute Gasteiger partial charge is 0.416 e. The zero-order valence-electron chi connectivity index (χ0n) is 11.2. The number of anilines is 1. The number of nitro groups is 1. The number of rotatable bonds is 6. The molecule has 1 aromatic heterocycles. The van der Waals surface area contributed by atoms with Crippen molar-refractivity contribution in [3.8, 4) is 11.8 Å². The standard InChI is InChI=1S/C12H15N5O3/c1-3-7-13-9-5-4-6-10(11(9)17(18)19)20-12-14-8-16(2)15-12/h4-6,8,13H,3,7H2,1-2H3. The first-order valence-corrected chi connectivity index (χ1v) is 6.16. The van der Waals surface area contributed by atoms with E-state index < -0.39 is 4.92 Å². The first kappa shape index (κ1) is 13.8. The highest BCUT2D eigenvalue weighted by atomic mass is 16.6. The number of para-hydroxylation sites is 1. The van der Waals surface area contributed by atoms with Crippen LogP contribution in [0.2, 0.25) is 0 Å². The normalized spacial score (nSPS) is 10.3. The number of nitro benzene ring substituents is 1. The van der Waals surface area contributed by atoms with Crippen molar-refractivity contribution in [1.29, 1.82) is 0 Å². The average molecular weight is 277 g/mol. The van der Waals surface area contributed by atoms with Gasteiger partial charge >= 0.3 is 11.7 Å². The SMILES string of the molecule is CCCNc1cccc(Oc2ncn(C)n2)c1[N+](=O)[O-]. The summed E-state index contributed by atoms with van der Waals surface area (Å²) in [5, 5.41) is 18.2. The summed E-state index contributed by atoms with van der Waals surface area (Å²) in [4.78, 5) is 14.7. The molecule has 8 nitrogen and oxygen atoms in total. The predicted octanol–water partition coefficient (Wildman–Crippen LogP) is 2.34. The third-order valence-corrected chi connectivity index (χ3v) is 2.53. The molecule has 0 radical (unpaired) electrons. The van der Waals surface area contributed by atoms with Crippen LogP contribution in [0.3, 0.4) is 0 Å². The minimum absolute atomic E-state index is 0.0724. The lowest BCUT2D eigenvalue weighted by atomic mass is 10.2. The van der Waals surface area contributed by atoms with Gasteiger partial charge in [0, 0.05) is 13.6 Å². The number of hydrogen-bond acceptors (Lipinski definition) is 6. The fourth-order valence-corrected chi connectivity index (χ4v) is 1.66. The smallest absolute Gasteiger partial charge is 0.341 e. The summed E-state index contributed by atoms with van der Waals surface area (Å²) in [6.07, 6.45) is 2.32. The van der Waals surface area contributed by atoms with Crippen LogP contribution < -0.4 is 10.1 Å². The molecule has 0 unspecified atom stereocenters. The maximum Gasteiger partial charge on any atom is 0.341 e. The number of aryl methyl sites for hydroxylation is 1. The van der Waals surface area contributed by atoms with E-state index in [1.807, 2.05) is 6.92 Å². The summed E-state index contributed by atoms with van der Waals surface area (Å²) in [5.41, 5.74) is 0.304. The van der Waals surface area contributed by atoms with Gasteiger partial charge in [0.1, 0.15) is 12.0 Å². The molecule has 0 saturated heterocycles. The van der Waals surface area contributed by atoms with Gasteiger partial charge in [0.15, 0.2) is 0 Å². The molecule has 0 aliphatic carbocycles. The molecule has 0 saturated carbocycles. The van der Waals surface area contributed by atoms with E-state index >= 15 is 0 Å². The molecule has 0 atom stereocenters. The van der Waals surface area contributed by atoms with Gasteiger partial charge in [-0.1, -0.05) is 13.0 Å². The Morgan fingerprint density at radius 3 is 2.90 bits per heavy atom. The lowest BCUT2D eigenvalue weighted by Crippen LogP contribution is -2.04. The van der Waals surface area contributed by atoms with Gasteiger partial charge in [0.2, 0.25) is 5.75 Å². The molecule has 20 heavy (non-hydrogen) atoms. The van der Waals surface area contributed by atoms with Crippen molar-refractivity contribution in [3.63, 3.8) is 0 Å². The molecule has 1 aromatic carbocycles. The second kappa shape index (κ2) is 6.00.